The molecule has 8 heteroatoms. The number of aliphatic imine (C=N–C) groups is 1. The van der Waals surface area contributed by atoms with Crippen molar-refractivity contribution in [2.24, 2.45) is 4.99 Å². The fourth-order valence-corrected chi connectivity index (χ4v) is 5.82. The van der Waals surface area contributed by atoms with Crippen molar-refractivity contribution < 1.29 is 13.6 Å². The van der Waals surface area contributed by atoms with Gasteiger partial charge >= 0.3 is 11.3 Å². The van der Waals surface area contributed by atoms with Crippen LogP contribution in [0, 0.1) is 27.7 Å². The molecule has 198 valence electrons. The van der Waals surface area contributed by atoms with Crippen molar-refractivity contribution in [3.05, 3.63) is 120 Å². The van der Waals surface area contributed by atoms with E-state index < -0.39 is 11.3 Å². The molecule has 1 aliphatic rings. The summed E-state index contributed by atoms with van der Waals surface area (Å²) in [5.74, 6) is -0.203. The van der Waals surface area contributed by atoms with Gasteiger partial charge in [0.25, 0.3) is 5.91 Å². The molecule has 1 amide bonds. The molecule has 6 rings (SSSR count). The summed E-state index contributed by atoms with van der Waals surface area (Å²) in [7, 11) is 0. The second-order valence-corrected chi connectivity index (χ2v) is 10.8. The highest BCUT2D eigenvalue weighted by molar-refractivity contribution is 8.19. The van der Waals surface area contributed by atoms with Gasteiger partial charge in [0.1, 0.15) is 11.2 Å². The van der Waals surface area contributed by atoms with Crippen molar-refractivity contribution in [1.29, 1.82) is 0 Å². The number of hydrogen-bond donors (Lipinski definition) is 0. The summed E-state index contributed by atoms with van der Waals surface area (Å²) < 4.78 is 10.8. The van der Waals surface area contributed by atoms with E-state index in [0.717, 1.165) is 38.6 Å². The Morgan fingerprint density at radius 3 is 1.98 bits per heavy atom. The highest BCUT2D eigenvalue weighted by atomic mass is 32.2. The first-order valence-corrected chi connectivity index (χ1v) is 13.5. The van der Waals surface area contributed by atoms with Crippen molar-refractivity contribution in [3.8, 4) is 0 Å². The number of anilines is 1. The Bertz CT molecular complexity index is 2040. The Balaban J connectivity index is 1.56. The molecule has 0 radical (unpaired) electrons. The van der Waals surface area contributed by atoms with Crippen LogP contribution in [0.2, 0.25) is 0 Å². The largest absolute Gasteiger partial charge is 0.423 e. The molecule has 1 saturated heterocycles. The van der Waals surface area contributed by atoms with Gasteiger partial charge < -0.3 is 8.83 Å². The van der Waals surface area contributed by atoms with Crippen LogP contribution in [0.3, 0.4) is 0 Å². The summed E-state index contributed by atoms with van der Waals surface area (Å²) in [6.07, 6.45) is 1.86. The molecule has 5 aromatic rings. The van der Waals surface area contributed by atoms with Crippen LogP contribution in [0.1, 0.15) is 27.8 Å². The Morgan fingerprint density at radius 2 is 1.32 bits per heavy atom. The number of amides is 1. The first kappa shape index (κ1) is 25.6. The van der Waals surface area contributed by atoms with E-state index in [0.29, 0.717) is 32.6 Å². The quantitative estimate of drug-likeness (QED) is 0.179. The lowest BCUT2D eigenvalue weighted by atomic mass is 10.1. The van der Waals surface area contributed by atoms with Gasteiger partial charge in [0.15, 0.2) is 5.17 Å². The number of nitrogens with zero attached hydrogens (tertiary/aromatic N) is 2. The van der Waals surface area contributed by atoms with Crippen molar-refractivity contribution >= 4 is 62.2 Å². The van der Waals surface area contributed by atoms with Crippen LogP contribution >= 0.6 is 11.8 Å². The van der Waals surface area contributed by atoms with E-state index in [9.17, 15) is 14.4 Å². The van der Waals surface area contributed by atoms with E-state index in [1.807, 2.05) is 76.2 Å². The van der Waals surface area contributed by atoms with Gasteiger partial charge in [-0.15, -0.1) is 0 Å². The van der Waals surface area contributed by atoms with Crippen LogP contribution in [-0.2, 0) is 4.79 Å². The zero-order valence-electron chi connectivity index (χ0n) is 22.3. The summed E-state index contributed by atoms with van der Waals surface area (Å²) in [4.78, 5) is 44.9. The molecule has 0 spiro atoms. The number of amidine groups is 1. The molecule has 0 N–H and O–H groups in total. The minimum atomic E-state index is -0.418. The molecule has 3 heterocycles. The number of aryl methyl sites for hydroxylation is 4. The average Bonchev–Trinajstić information content (AvgIpc) is 3.19. The van der Waals surface area contributed by atoms with Crippen molar-refractivity contribution in [2.45, 2.75) is 27.7 Å². The lowest BCUT2D eigenvalue weighted by Crippen LogP contribution is -2.29. The van der Waals surface area contributed by atoms with Crippen LogP contribution < -0.4 is 16.2 Å². The van der Waals surface area contributed by atoms with Gasteiger partial charge in [-0.25, -0.2) is 14.6 Å². The van der Waals surface area contributed by atoms with Crippen molar-refractivity contribution in [1.82, 2.24) is 0 Å². The number of benzene rings is 3. The van der Waals surface area contributed by atoms with Gasteiger partial charge in [-0.2, -0.15) is 0 Å². The number of carbonyl (C=O) groups is 1. The molecule has 0 aliphatic carbocycles. The molecule has 7 nitrogen and oxygen atoms in total. The number of rotatable bonds is 3. The summed E-state index contributed by atoms with van der Waals surface area (Å²) in [6, 6.07) is 19.9. The summed E-state index contributed by atoms with van der Waals surface area (Å²) in [5.41, 5.74) is 5.45. The van der Waals surface area contributed by atoms with Gasteiger partial charge in [0.05, 0.1) is 16.3 Å². The minimum Gasteiger partial charge on any atom is -0.423 e. The predicted molar refractivity (Wildman–Crippen MR) is 161 cm³/mol. The van der Waals surface area contributed by atoms with E-state index in [4.69, 9.17) is 13.8 Å². The molecular weight excluding hydrogens is 524 g/mol. The van der Waals surface area contributed by atoms with Crippen LogP contribution in [0.15, 0.2) is 95.1 Å². The third kappa shape index (κ3) is 4.56. The molecule has 40 heavy (non-hydrogen) atoms. The van der Waals surface area contributed by atoms with Crippen molar-refractivity contribution in [3.63, 3.8) is 0 Å². The summed E-state index contributed by atoms with van der Waals surface area (Å²) in [5, 5.41) is 2.01. The normalized spacial score (nSPS) is 15.7. The highest BCUT2D eigenvalue weighted by Gasteiger charge is 2.36. The Morgan fingerprint density at radius 1 is 0.725 bits per heavy atom. The van der Waals surface area contributed by atoms with Crippen LogP contribution in [-0.4, -0.2) is 11.1 Å². The smallest absolute Gasteiger partial charge is 0.336 e. The zero-order valence-corrected chi connectivity index (χ0v) is 23.1. The molecule has 0 bridgehead atoms. The fourth-order valence-electron chi connectivity index (χ4n) is 4.84. The van der Waals surface area contributed by atoms with Gasteiger partial charge in [0.2, 0.25) is 0 Å². The van der Waals surface area contributed by atoms with E-state index >= 15 is 0 Å². The van der Waals surface area contributed by atoms with E-state index in [2.05, 4.69) is 0 Å². The maximum absolute atomic E-state index is 14.0. The maximum Gasteiger partial charge on any atom is 0.336 e. The number of thioether (sulfide) groups is 1. The molecule has 0 unspecified atom stereocenters. The van der Waals surface area contributed by atoms with Gasteiger partial charge in [-0.05, 0) is 97.6 Å². The zero-order chi connectivity index (χ0) is 28.1. The Kier molecular flexibility index (Phi) is 6.27. The molecule has 1 fully saturated rings. The predicted octanol–water partition coefficient (Wildman–Crippen LogP) is 6.94. The molecule has 1 aliphatic heterocycles. The second kappa shape index (κ2) is 9.81. The maximum atomic E-state index is 14.0. The van der Waals surface area contributed by atoms with E-state index in [1.165, 1.54) is 23.9 Å². The molecule has 0 atom stereocenters. The third-order valence-electron chi connectivity index (χ3n) is 6.90. The van der Waals surface area contributed by atoms with Crippen LogP contribution in [0.4, 0.5) is 11.4 Å². The number of fused-ring (bicyclic) bond motifs is 2. The van der Waals surface area contributed by atoms with Gasteiger partial charge in [0, 0.05) is 22.9 Å². The third-order valence-corrected chi connectivity index (χ3v) is 7.87. The molecule has 2 aromatic heterocycles. The first-order valence-electron chi connectivity index (χ1n) is 12.7. The first-order chi connectivity index (χ1) is 19.2. The number of carbonyl (C=O) groups excluding carboxylic acids is 1. The monoisotopic (exact) mass is 548 g/mol. The fraction of sp³-hybridized carbons (Fsp3) is 0.125. The van der Waals surface area contributed by atoms with Crippen molar-refractivity contribution in [2.75, 3.05) is 4.90 Å². The van der Waals surface area contributed by atoms with E-state index in [1.54, 1.807) is 17.0 Å². The standard InChI is InChI=1S/C32H24N2O5S/c1-17-12-29(35)38-26-10-19(3)24(15-22(17)26)33-32-34(31(37)28(40-32)14-21-8-6-5-7-9-21)25-16-23-18(2)13-30(36)39-27(23)11-20(25)4/h5-16H,1-4H3/b28-14-,33-32?. The van der Waals surface area contributed by atoms with Crippen LogP contribution in [0.5, 0.6) is 0 Å². The topological polar surface area (TPSA) is 93.1 Å². The molecule has 3 aromatic carbocycles. The van der Waals surface area contributed by atoms with Gasteiger partial charge in [-0.1, -0.05) is 30.3 Å². The lowest BCUT2D eigenvalue weighted by Gasteiger charge is -2.19. The van der Waals surface area contributed by atoms with E-state index in [-0.39, 0.29) is 5.91 Å². The minimum absolute atomic E-state index is 0.203. The summed E-state index contributed by atoms with van der Waals surface area (Å²) >= 11 is 1.29. The second-order valence-electron chi connectivity index (χ2n) is 9.82. The Labute approximate surface area is 233 Å². The Hall–Kier alpha value is -4.69. The summed E-state index contributed by atoms with van der Waals surface area (Å²) in [6.45, 7) is 7.46. The SMILES string of the molecule is Cc1cc2oc(=O)cc(C)c2cc1N=C1S/C(=C\c2ccccc2)C(=O)N1c1cc2c(C)cc(=O)oc2cc1C. The highest BCUT2D eigenvalue weighted by Crippen LogP contribution is 2.40. The lowest BCUT2D eigenvalue weighted by molar-refractivity contribution is -0.113. The van der Waals surface area contributed by atoms with Crippen LogP contribution in [0.25, 0.3) is 28.0 Å². The average molecular weight is 549 g/mol. The van der Waals surface area contributed by atoms with Gasteiger partial charge in [-0.3, -0.25) is 9.69 Å². The number of hydrogen-bond acceptors (Lipinski definition) is 7. The molecular formula is C32H24N2O5S. The molecule has 0 saturated carbocycles.